The molecule has 0 saturated heterocycles. The molecule has 3 amide bonds. The highest BCUT2D eigenvalue weighted by Crippen LogP contribution is 2.34. The molecule has 2 heterocycles. The average molecular weight is 490 g/mol. The summed E-state index contributed by atoms with van der Waals surface area (Å²) in [7, 11) is 0. The van der Waals surface area contributed by atoms with Crippen molar-refractivity contribution in [2.45, 2.75) is 19.6 Å². The van der Waals surface area contributed by atoms with Crippen LogP contribution in [0.1, 0.15) is 43.6 Å². The second-order valence-corrected chi connectivity index (χ2v) is 8.19. The van der Waals surface area contributed by atoms with Gasteiger partial charge in [0.05, 0.1) is 23.2 Å². The summed E-state index contributed by atoms with van der Waals surface area (Å²) >= 11 is 0. The number of nitrogens with one attached hydrogen (secondary N) is 1. The first-order valence-electron chi connectivity index (χ1n) is 11.0. The quantitative estimate of drug-likeness (QED) is 0.416. The Morgan fingerprint density at radius 1 is 0.972 bits per heavy atom. The number of esters is 1. The fraction of sp³-hybridized carbons (Fsp3) is 0.154. The Morgan fingerprint density at radius 2 is 1.69 bits per heavy atom. The number of halogens is 1. The van der Waals surface area contributed by atoms with E-state index in [1.165, 1.54) is 49.4 Å². The lowest BCUT2D eigenvalue weighted by atomic mass is 10.1. The van der Waals surface area contributed by atoms with Crippen molar-refractivity contribution in [3.63, 3.8) is 0 Å². The third kappa shape index (κ3) is 4.36. The van der Waals surface area contributed by atoms with Gasteiger partial charge in [0, 0.05) is 5.69 Å². The summed E-state index contributed by atoms with van der Waals surface area (Å²) in [5.41, 5.74) is 1.27. The fourth-order valence-corrected chi connectivity index (χ4v) is 3.84. The van der Waals surface area contributed by atoms with Crippen molar-refractivity contribution >= 4 is 29.4 Å². The first-order valence-corrected chi connectivity index (χ1v) is 11.0. The Balaban J connectivity index is 1.26. The smallest absolute Gasteiger partial charge is 0.338 e. The van der Waals surface area contributed by atoms with E-state index in [1.54, 1.807) is 18.2 Å². The largest absolute Gasteiger partial charge is 0.454 e. The normalized spacial score (nSPS) is 14.4. The second-order valence-electron chi connectivity index (χ2n) is 8.19. The van der Waals surface area contributed by atoms with Crippen LogP contribution in [-0.4, -0.2) is 41.5 Å². The molecular weight excluding hydrogens is 471 g/mol. The van der Waals surface area contributed by atoms with Gasteiger partial charge in [-0.05, 0) is 67.1 Å². The maximum Gasteiger partial charge on any atom is 0.338 e. The van der Waals surface area contributed by atoms with Gasteiger partial charge in [0.15, 0.2) is 17.6 Å². The van der Waals surface area contributed by atoms with Crippen LogP contribution in [0.5, 0.6) is 11.5 Å². The third-order valence-corrected chi connectivity index (χ3v) is 5.75. The molecule has 0 saturated carbocycles. The van der Waals surface area contributed by atoms with Gasteiger partial charge in [-0.3, -0.25) is 19.3 Å². The molecule has 10 heteroatoms. The number of hydrogen-bond donors (Lipinski definition) is 1. The standard InChI is InChI=1S/C26H19FN2O7/c1-14(23(30)28-18-6-4-17(27)5-7-18)36-26(33)16-3-8-19-20(11-16)25(32)29(24(19)31)12-15-2-9-21-22(10-15)35-13-34-21/h2-11,14H,12-13H2,1H3,(H,28,30)/t14-/m0/s1. The summed E-state index contributed by atoms with van der Waals surface area (Å²) in [6.45, 7) is 1.51. The Morgan fingerprint density at radius 3 is 2.47 bits per heavy atom. The van der Waals surface area contributed by atoms with E-state index in [1.807, 2.05) is 0 Å². The number of hydrogen-bond acceptors (Lipinski definition) is 7. The van der Waals surface area contributed by atoms with Crippen LogP contribution < -0.4 is 14.8 Å². The first kappa shape index (κ1) is 23.0. The SMILES string of the molecule is C[C@H](OC(=O)c1ccc2c(c1)C(=O)N(Cc1ccc3c(c1)OCO3)C2=O)C(=O)Nc1ccc(F)cc1. The number of benzene rings is 3. The van der Waals surface area contributed by atoms with Crippen molar-refractivity contribution in [1.82, 2.24) is 4.90 Å². The van der Waals surface area contributed by atoms with Gasteiger partial charge in [-0.25, -0.2) is 9.18 Å². The number of carbonyl (C=O) groups excluding carboxylic acids is 4. The minimum Gasteiger partial charge on any atom is -0.454 e. The van der Waals surface area contributed by atoms with Crippen LogP contribution in [0.15, 0.2) is 60.7 Å². The van der Waals surface area contributed by atoms with E-state index >= 15 is 0 Å². The zero-order valence-electron chi connectivity index (χ0n) is 18.9. The number of carbonyl (C=O) groups is 4. The highest BCUT2D eigenvalue weighted by atomic mass is 19.1. The number of imide groups is 1. The maximum absolute atomic E-state index is 13.0. The monoisotopic (exact) mass is 490 g/mol. The zero-order valence-corrected chi connectivity index (χ0v) is 18.9. The summed E-state index contributed by atoms with van der Waals surface area (Å²) in [5, 5.41) is 2.52. The molecular formula is C26H19FN2O7. The fourth-order valence-electron chi connectivity index (χ4n) is 3.84. The van der Waals surface area contributed by atoms with Crippen LogP contribution in [0.4, 0.5) is 10.1 Å². The van der Waals surface area contributed by atoms with E-state index in [0.717, 1.165) is 4.90 Å². The molecule has 5 rings (SSSR count). The van der Waals surface area contributed by atoms with Gasteiger partial charge in [-0.2, -0.15) is 0 Å². The Labute approximate surface area is 204 Å². The molecule has 36 heavy (non-hydrogen) atoms. The van der Waals surface area contributed by atoms with Crippen molar-refractivity contribution < 1.29 is 37.8 Å². The molecule has 2 aliphatic rings. The summed E-state index contributed by atoms with van der Waals surface area (Å²) in [6, 6.07) is 14.3. The maximum atomic E-state index is 13.0. The topological polar surface area (TPSA) is 111 Å². The molecule has 3 aromatic rings. The highest BCUT2D eigenvalue weighted by Gasteiger charge is 2.36. The molecule has 2 aliphatic heterocycles. The predicted molar refractivity (Wildman–Crippen MR) is 123 cm³/mol. The van der Waals surface area contributed by atoms with Crippen LogP contribution >= 0.6 is 0 Å². The lowest BCUT2D eigenvalue weighted by Crippen LogP contribution is -2.30. The van der Waals surface area contributed by atoms with Gasteiger partial charge in [0.25, 0.3) is 17.7 Å². The van der Waals surface area contributed by atoms with Crippen LogP contribution in [0, 0.1) is 5.82 Å². The summed E-state index contributed by atoms with van der Waals surface area (Å²) in [6.07, 6.45) is -1.17. The number of anilines is 1. The Kier molecular flexibility index (Phi) is 5.85. The summed E-state index contributed by atoms with van der Waals surface area (Å²) < 4.78 is 28.9. The highest BCUT2D eigenvalue weighted by molar-refractivity contribution is 6.21. The minimum atomic E-state index is -1.17. The van der Waals surface area contributed by atoms with Crippen molar-refractivity contribution in [1.29, 1.82) is 0 Å². The molecule has 0 radical (unpaired) electrons. The van der Waals surface area contributed by atoms with Gasteiger partial charge >= 0.3 is 5.97 Å². The van der Waals surface area contributed by atoms with Crippen LogP contribution in [0.25, 0.3) is 0 Å². The molecule has 1 N–H and O–H groups in total. The second kappa shape index (κ2) is 9.14. The van der Waals surface area contributed by atoms with Crippen LogP contribution in [0.2, 0.25) is 0 Å². The van der Waals surface area contributed by atoms with E-state index < -0.39 is 35.6 Å². The van der Waals surface area contributed by atoms with Crippen molar-refractivity contribution in [2.75, 3.05) is 12.1 Å². The molecule has 0 aromatic heterocycles. The molecule has 0 unspecified atom stereocenters. The van der Waals surface area contributed by atoms with Gasteiger partial charge < -0.3 is 19.5 Å². The molecule has 3 aromatic carbocycles. The van der Waals surface area contributed by atoms with E-state index in [9.17, 15) is 23.6 Å². The lowest BCUT2D eigenvalue weighted by molar-refractivity contribution is -0.123. The molecule has 9 nitrogen and oxygen atoms in total. The van der Waals surface area contributed by atoms with Crippen molar-refractivity contribution in [3.8, 4) is 11.5 Å². The lowest BCUT2D eigenvalue weighted by Gasteiger charge is -2.14. The van der Waals surface area contributed by atoms with Crippen molar-refractivity contribution in [3.05, 3.63) is 88.7 Å². The number of ether oxygens (including phenoxy) is 3. The molecule has 0 aliphatic carbocycles. The van der Waals surface area contributed by atoms with Gasteiger partial charge in [-0.1, -0.05) is 6.07 Å². The number of rotatable bonds is 6. The first-order chi connectivity index (χ1) is 17.3. The minimum absolute atomic E-state index is 0.0151. The van der Waals surface area contributed by atoms with E-state index in [2.05, 4.69) is 5.32 Å². The van der Waals surface area contributed by atoms with E-state index in [0.29, 0.717) is 22.7 Å². The average Bonchev–Trinajstić information content (AvgIpc) is 3.43. The van der Waals surface area contributed by atoms with Crippen molar-refractivity contribution in [2.24, 2.45) is 0 Å². The van der Waals surface area contributed by atoms with Gasteiger partial charge in [0.1, 0.15) is 5.82 Å². The molecule has 0 fully saturated rings. The molecule has 0 spiro atoms. The predicted octanol–water partition coefficient (Wildman–Crippen LogP) is 3.53. The van der Waals surface area contributed by atoms with Crippen LogP contribution in [0.3, 0.4) is 0 Å². The Hall–Kier alpha value is -4.73. The number of nitrogens with zero attached hydrogens (tertiary/aromatic N) is 1. The van der Waals surface area contributed by atoms with E-state index in [4.69, 9.17) is 14.2 Å². The zero-order chi connectivity index (χ0) is 25.4. The summed E-state index contributed by atoms with van der Waals surface area (Å²) in [5.74, 6) is -1.82. The Bertz CT molecular complexity index is 1400. The van der Waals surface area contributed by atoms with Crippen LogP contribution in [-0.2, 0) is 16.1 Å². The van der Waals surface area contributed by atoms with Gasteiger partial charge in [-0.15, -0.1) is 0 Å². The van der Waals surface area contributed by atoms with Gasteiger partial charge in [0.2, 0.25) is 6.79 Å². The summed E-state index contributed by atoms with van der Waals surface area (Å²) in [4.78, 5) is 51.9. The number of fused-ring (bicyclic) bond motifs is 2. The third-order valence-electron chi connectivity index (χ3n) is 5.75. The molecule has 0 bridgehead atoms. The van der Waals surface area contributed by atoms with E-state index in [-0.39, 0.29) is 30.0 Å². The number of amides is 3. The molecule has 182 valence electrons. The molecule has 1 atom stereocenters.